The largest absolute Gasteiger partial charge is 0.478 e. The van der Waals surface area contributed by atoms with E-state index in [-0.39, 0.29) is 6.42 Å². The predicted octanol–water partition coefficient (Wildman–Crippen LogP) is 1.64. The molecule has 1 aliphatic rings. The van der Waals surface area contributed by atoms with Crippen molar-refractivity contribution in [2.45, 2.75) is 18.5 Å². The highest BCUT2D eigenvalue weighted by atomic mass is 16.4. The number of nitrogens with one attached hydrogen (secondary N) is 2. The van der Waals surface area contributed by atoms with Gasteiger partial charge in [-0.3, -0.25) is 15.0 Å². The number of hydrogen-bond donors (Lipinski definition) is 3. The highest BCUT2D eigenvalue weighted by molar-refractivity contribution is 5.98. The van der Waals surface area contributed by atoms with E-state index in [0.717, 1.165) is 0 Å². The molecule has 0 radical (unpaired) electrons. The summed E-state index contributed by atoms with van der Waals surface area (Å²) in [6, 6.07) is 16.9. The first-order valence-electron chi connectivity index (χ1n) is 8.27. The van der Waals surface area contributed by atoms with Crippen LogP contribution in [0.2, 0.25) is 0 Å². The maximum absolute atomic E-state index is 12.5. The fourth-order valence-electron chi connectivity index (χ4n) is 3.00. The van der Waals surface area contributed by atoms with Crippen molar-refractivity contribution in [1.29, 1.82) is 0 Å². The van der Waals surface area contributed by atoms with E-state index in [4.69, 9.17) is 0 Å². The summed E-state index contributed by atoms with van der Waals surface area (Å²) in [5.41, 5.74) is 1.71. The monoisotopic (exact) mass is 353 g/mol. The SMILES string of the molecule is O=C(NN1CCC[C@@]1(NC(=O)c1ccccc1)C(=O)O)c1ccccc1. The number of hydrogen-bond acceptors (Lipinski definition) is 4. The topological polar surface area (TPSA) is 98.7 Å². The number of hydrazine groups is 1. The second-order valence-electron chi connectivity index (χ2n) is 6.05. The van der Waals surface area contributed by atoms with Crippen LogP contribution >= 0.6 is 0 Å². The lowest BCUT2D eigenvalue weighted by Gasteiger charge is -2.35. The standard InChI is InChI=1S/C19H19N3O4/c23-16(14-8-3-1-4-9-14)20-19(18(25)26)12-7-13-22(19)21-17(24)15-10-5-2-6-11-15/h1-6,8-11H,7,12-13H2,(H,20,23)(H,21,24)(H,25,26)/t19-/m0/s1. The van der Waals surface area contributed by atoms with Gasteiger partial charge in [0.15, 0.2) is 0 Å². The molecule has 3 rings (SSSR count). The lowest BCUT2D eigenvalue weighted by atomic mass is 10.1. The third-order valence-electron chi connectivity index (χ3n) is 4.36. The molecule has 0 spiro atoms. The van der Waals surface area contributed by atoms with Crippen LogP contribution in [0.5, 0.6) is 0 Å². The summed E-state index contributed by atoms with van der Waals surface area (Å²) in [7, 11) is 0. The van der Waals surface area contributed by atoms with Crippen LogP contribution in [0.25, 0.3) is 0 Å². The second-order valence-corrected chi connectivity index (χ2v) is 6.05. The summed E-state index contributed by atoms with van der Waals surface area (Å²) in [6.07, 6.45) is 0.715. The average Bonchev–Trinajstić information content (AvgIpc) is 3.06. The van der Waals surface area contributed by atoms with Crippen molar-refractivity contribution in [3.05, 3.63) is 71.8 Å². The van der Waals surface area contributed by atoms with Gasteiger partial charge in [-0.1, -0.05) is 36.4 Å². The third kappa shape index (κ3) is 3.43. The van der Waals surface area contributed by atoms with Crippen molar-refractivity contribution in [2.75, 3.05) is 6.54 Å². The summed E-state index contributed by atoms with van der Waals surface area (Å²) < 4.78 is 0. The Kier molecular flexibility index (Phi) is 4.99. The van der Waals surface area contributed by atoms with Gasteiger partial charge in [-0.2, -0.15) is 5.01 Å². The quantitative estimate of drug-likeness (QED) is 0.759. The van der Waals surface area contributed by atoms with E-state index >= 15 is 0 Å². The normalized spacial score (nSPS) is 19.7. The minimum Gasteiger partial charge on any atom is -0.478 e. The van der Waals surface area contributed by atoms with Crippen LogP contribution in [0.1, 0.15) is 33.6 Å². The van der Waals surface area contributed by atoms with Crippen molar-refractivity contribution in [2.24, 2.45) is 0 Å². The molecule has 2 aromatic rings. The molecule has 26 heavy (non-hydrogen) atoms. The lowest BCUT2D eigenvalue weighted by Crippen LogP contribution is -2.66. The van der Waals surface area contributed by atoms with Gasteiger partial charge in [0.25, 0.3) is 11.8 Å². The van der Waals surface area contributed by atoms with Gasteiger partial charge in [-0.25, -0.2) is 4.79 Å². The molecule has 7 heteroatoms. The Hall–Kier alpha value is -3.19. The van der Waals surface area contributed by atoms with Gasteiger partial charge in [-0.15, -0.1) is 0 Å². The molecular weight excluding hydrogens is 334 g/mol. The molecule has 0 saturated carbocycles. The predicted molar refractivity (Wildman–Crippen MR) is 94.1 cm³/mol. The van der Waals surface area contributed by atoms with Crippen LogP contribution in [0.15, 0.2) is 60.7 Å². The van der Waals surface area contributed by atoms with Gasteiger partial charge in [0, 0.05) is 17.7 Å². The van der Waals surface area contributed by atoms with Crippen LogP contribution in [0, 0.1) is 0 Å². The Labute approximate surface area is 150 Å². The van der Waals surface area contributed by atoms with E-state index < -0.39 is 23.4 Å². The zero-order valence-corrected chi connectivity index (χ0v) is 14.0. The molecule has 2 aromatic carbocycles. The number of carboxylic acid groups (broad SMARTS) is 1. The first-order chi connectivity index (χ1) is 12.5. The van der Waals surface area contributed by atoms with Gasteiger partial charge in [-0.05, 0) is 37.1 Å². The van der Waals surface area contributed by atoms with E-state index in [0.29, 0.717) is 24.1 Å². The molecule has 0 bridgehead atoms. The van der Waals surface area contributed by atoms with Crippen LogP contribution < -0.4 is 10.7 Å². The van der Waals surface area contributed by atoms with E-state index in [1.807, 2.05) is 0 Å². The maximum Gasteiger partial charge on any atom is 0.346 e. The Bertz CT molecular complexity index is 810. The van der Waals surface area contributed by atoms with Gasteiger partial charge in [0.05, 0.1) is 0 Å². The fourth-order valence-corrected chi connectivity index (χ4v) is 3.00. The van der Waals surface area contributed by atoms with Crippen molar-refractivity contribution in [3.8, 4) is 0 Å². The van der Waals surface area contributed by atoms with Crippen LogP contribution in [0.3, 0.4) is 0 Å². The number of amides is 2. The van der Waals surface area contributed by atoms with Crippen LogP contribution in [-0.4, -0.2) is 40.1 Å². The minimum absolute atomic E-state index is 0.190. The van der Waals surface area contributed by atoms with Gasteiger partial charge in [0.2, 0.25) is 5.66 Å². The number of carbonyl (C=O) groups excluding carboxylic acids is 2. The number of rotatable bonds is 5. The first-order valence-corrected chi connectivity index (χ1v) is 8.27. The van der Waals surface area contributed by atoms with Crippen LogP contribution in [-0.2, 0) is 4.79 Å². The smallest absolute Gasteiger partial charge is 0.346 e. The average molecular weight is 353 g/mol. The summed E-state index contributed by atoms with van der Waals surface area (Å²) in [5, 5.41) is 13.7. The second kappa shape index (κ2) is 7.37. The summed E-state index contributed by atoms with van der Waals surface area (Å²) in [4.78, 5) is 36.9. The molecule has 0 unspecified atom stereocenters. The Balaban J connectivity index is 1.81. The highest BCUT2D eigenvalue weighted by Gasteiger charge is 2.50. The summed E-state index contributed by atoms with van der Waals surface area (Å²) in [6.45, 7) is 0.319. The van der Waals surface area contributed by atoms with E-state index in [1.54, 1.807) is 60.7 Å². The molecule has 1 fully saturated rings. The Morgan fingerprint density at radius 3 is 1.96 bits per heavy atom. The Morgan fingerprint density at radius 1 is 0.885 bits per heavy atom. The zero-order valence-electron chi connectivity index (χ0n) is 14.0. The van der Waals surface area contributed by atoms with Crippen molar-refractivity contribution in [3.63, 3.8) is 0 Å². The number of nitrogens with zero attached hydrogens (tertiary/aromatic N) is 1. The molecule has 1 saturated heterocycles. The summed E-state index contributed by atoms with van der Waals surface area (Å²) >= 11 is 0. The zero-order chi connectivity index (χ0) is 18.6. The number of carboxylic acids is 1. The molecule has 7 nitrogen and oxygen atoms in total. The van der Waals surface area contributed by atoms with Crippen LogP contribution in [0.4, 0.5) is 0 Å². The number of carbonyl (C=O) groups is 3. The summed E-state index contributed by atoms with van der Waals surface area (Å²) in [5.74, 6) is -2.14. The van der Waals surface area contributed by atoms with E-state index in [9.17, 15) is 19.5 Å². The molecular formula is C19H19N3O4. The minimum atomic E-state index is -1.68. The van der Waals surface area contributed by atoms with Crippen molar-refractivity contribution in [1.82, 2.24) is 15.8 Å². The molecule has 1 aliphatic heterocycles. The molecule has 3 N–H and O–H groups in total. The molecule has 134 valence electrons. The lowest BCUT2D eigenvalue weighted by molar-refractivity contribution is -0.153. The molecule has 1 heterocycles. The molecule has 1 atom stereocenters. The molecule has 0 aliphatic carbocycles. The van der Waals surface area contributed by atoms with Gasteiger partial charge in [0.1, 0.15) is 0 Å². The molecule has 2 amide bonds. The molecule has 0 aromatic heterocycles. The Morgan fingerprint density at radius 2 is 1.42 bits per heavy atom. The van der Waals surface area contributed by atoms with E-state index in [1.165, 1.54) is 5.01 Å². The maximum atomic E-state index is 12.5. The van der Waals surface area contributed by atoms with E-state index in [2.05, 4.69) is 10.7 Å². The first kappa shape index (κ1) is 17.6. The highest BCUT2D eigenvalue weighted by Crippen LogP contribution is 2.26. The van der Waals surface area contributed by atoms with Gasteiger partial charge < -0.3 is 10.4 Å². The van der Waals surface area contributed by atoms with Gasteiger partial charge >= 0.3 is 5.97 Å². The third-order valence-corrected chi connectivity index (χ3v) is 4.36. The fraction of sp³-hybridized carbons (Fsp3) is 0.211. The number of aliphatic carboxylic acids is 1. The number of benzene rings is 2. The van der Waals surface area contributed by atoms with Crippen molar-refractivity contribution >= 4 is 17.8 Å². The van der Waals surface area contributed by atoms with Crippen molar-refractivity contribution < 1.29 is 19.5 Å².